The number of hydrogen-bond donors (Lipinski definition) is 2. The van der Waals surface area contributed by atoms with Crippen LogP contribution in [-0.2, 0) is 11.3 Å². The van der Waals surface area contributed by atoms with Crippen LogP contribution < -0.4 is 5.32 Å². The molecule has 0 aromatic carbocycles. The molecule has 0 aliphatic heterocycles. The van der Waals surface area contributed by atoms with Crippen molar-refractivity contribution in [1.29, 1.82) is 0 Å². The monoisotopic (exact) mass is 257 g/mol. The molecule has 2 N–H and O–H groups in total. The maximum atomic E-state index is 9.73. The number of rotatable bonds is 9. The van der Waals surface area contributed by atoms with Gasteiger partial charge in [-0.25, -0.2) is 0 Å². The van der Waals surface area contributed by atoms with Crippen LogP contribution in [0, 0.1) is 0 Å². The molecule has 0 spiro atoms. The van der Waals surface area contributed by atoms with Gasteiger partial charge in [0.2, 0.25) is 0 Å². The predicted octanol–water partition coefficient (Wildman–Crippen LogP) is 2.40. The van der Waals surface area contributed by atoms with E-state index in [9.17, 15) is 5.11 Å². The van der Waals surface area contributed by atoms with Crippen LogP contribution in [0.15, 0.2) is 17.5 Å². The van der Waals surface area contributed by atoms with Gasteiger partial charge in [0, 0.05) is 17.5 Å². The molecule has 0 saturated carbocycles. The first kappa shape index (κ1) is 14.6. The summed E-state index contributed by atoms with van der Waals surface area (Å²) in [7, 11) is 0. The van der Waals surface area contributed by atoms with Gasteiger partial charge in [-0.1, -0.05) is 19.9 Å². The minimum Gasteiger partial charge on any atom is -0.389 e. The zero-order valence-corrected chi connectivity index (χ0v) is 11.5. The van der Waals surface area contributed by atoms with Gasteiger partial charge < -0.3 is 15.2 Å². The molecule has 1 heterocycles. The van der Waals surface area contributed by atoms with Gasteiger partial charge in [-0.3, -0.25) is 0 Å². The minimum absolute atomic E-state index is 0.394. The average Bonchev–Trinajstić information content (AvgIpc) is 2.83. The molecule has 0 aliphatic rings. The lowest BCUT2D eigenvalue weighted by atomic mass is 10.1. The average molecular weight is 257 g/mol. The second-order valence-electron chi connectivity index (χ2n) is 4.17. The quantitative estimate of drug-likeness (QED) is 0.714. The van der Waals surface area contributed by atoms with E-state index in [0.717, 1.165) is 12.8 Å². The zero-order valence-electron chi connectivity index (χ0n) is 10.7. The van der Waals surface area contributed by atoms with Gasteiger partial charge in [0.15, 0.2) is 0 Å². The number of nitrogens with one attached hydrogen (secondary N) is 1. The van der Waals surface area contributed by atoms with Crippen LogP contribution in [0.3, 0.4) is 0 Å². The van der Waals surface area contributed by atoms with Gasteiger partial charge in [-0.15, -0.1) is 11.3 Å². The first-order chi connectivity index (χ1) is 8.26. The fraction of sp³-hybridized carbons (Fsp3) is 0.692. The summed E-state index contributed by atoms with van der Waals surface area (Å²) in [6, 6.07) is 4.55. The number of aliphatic hydroxyl groups excluding tert-OH is 1. The molecular weight excluding hydrogens is 234 g/mol. The highest BCUT2D eigenvalue weighted by atomic mass is 32.1. The van der Waals surface area contributed by atoms with E-state index >= 15 is 0 Å². The van der Waals surface area contributed by atoms with Crippen LogP contribution in [0.1, 0.15) is 31.6 Å². The van der Waals surface area contributed by atoms with Gasteiger partial charge in [0.1, 0.15) is 0 Å². The molecule has 0 radical (unpaired) electrons. The maximum absolute atomic E-state index is 9.73. The molecule has 1 rings (SSSR count). The first-order valence-electron chi connectivity index (χ1n) is 6.27. The summed E-state index contributed by atoms with van der Waals surface area (Å²) in [6.07, 6.45) is 1.77. The molecule has 1 unspecified atom stereocenters. The summed E-state index contributed by atoms with van der Waals surface area (Å²) in [4.78, 5) is 1.20. The van der Waals surface area contributed by atoms with Crippen molar-refractivity contribution in [3.8, 4) is 0 Å². The summed E-state index contributed by atoms with van der Waals surface area (Å²) in [5.41, 5.74) is 0. The summed E-state index contributed by atoms with van der Waals surface area (Å²) >= 11 is 1.68. The van der Waals surface area contributed by atoms with Crippen molar-refractivity contribution in [2.45, 2.75) is 45.4 Å². The molecule has 17 heavy (non-hydrogen) atoms. The van der Waals surface area contributed by atoms with E-state index in [1.165, 1.54) is 4.88 Å². The Labute approximate surface area is 108 Å². The van der Waals surface area contributed by atoms with Crippen LogP contribution in [0.4, 0.5) is 0 Å². The number of ether oxygens (including phenoxy) is 1. The van der Waals surface area contributed by atoms with E-state index in [0.29, 0.717) is 25.8 Å². The van der Waals surface area contributed by atoms with Crippen LogP contribution in [-0.4, -0.2) is 30.4 Å². The van der Waals surface area contributed by atoms with Gasteiger partial charge in [0.25, 0.3) is 0 Å². The lowest BCUT2D eigenvalue weighted by molar-refractivity contribution is 0.0285. The van der Waals surface area contributed by atoms with Gasteiger partial charge in [-0.05, 0) is 24.3 Å². The first-order valence-corrected chi connectivity index (χ1v) is 7.15. The second-order valence-corrected chi connectivity index (χ2v) is 5.20. The van der Waals surface area contributed by atoms with Gasteiger partial charge >= 0.3 is 0 Å². The Morgan fingerprint density at radius 2 is 2.18 bits per heavy atom. The SMILES string of the molecule is CCC(CC)NCC(O)COCc1cccs1. The number of aliphatic hydroxyl groups is 1. The standard InChI is InChI=1S/C13H23NO2S/c1-3-11(4-2)14-8-12(15)9-16-10-13-6-5-7-17-13/h5-7,11-12,14-15H,3-4,8-10H2,1-2H3. The normalized spacial score (nSPS) is 13.2. The molecule has 0 fully saturated rings. The van der Waals surface area contributed by atoms with Crippen molar-refractivity contribution in [3.05, 3.63) is 22.4 Å². The van der Waals surface area contributed by atoms with Crippen LogP contribution in [0.5, 0.6) is 0 Å². The molecule has 1 aromatic heterocycles. The van der Waals surface area contributed by atoms with E-state index in [1.807, 2.05) is 17.5 Å². The lowest BCUT2D eigenvalue weighted by Crippen LogP contribution is -2.36. The van der Waals surface area contributed by atoms with E-state index in [4.69, 9.17) is 4.74 Å². The summed E-state index contributed by atoms with van der Waals surface area (Å²) < 4.78 is 5.46. The molecule has 3 nitrogen and oxygen atoms in total. The van der Waals surface area contributed by atoms with E-state index in [2.05, 4.69) is 19.2 Å². The van der Waals surface area contributed by atoms with E-state index in [1.54, 1.807) is 11.3 Å². The fourth-order valence-electron chi connectivity index (χ4n) is 1.63. The Morgan fingerprint density at radius 3 is 2.76 bits per heavy atom. The third kappa shape index (κ3) is 6.17. The summed E-state index contributed by atoms with van der Waals surface area (Å²) in [5.74, 6) is 0. The van der Waals surface area contributed by atoms with Crippen molar-refractivity contribution in [2.24, 2.45) is 0 Å². The van der Waals surface area contributed by atoms with Crippen LogP contribution >= 0.6 is 11.3 Å². The third-order valence-corrected chi connectivity index (χ3v) is 3.61. The predicted molar refractivity (Wildman–Crippen MR) is 72.4 cm³/mol. The van der Waals surface area contributed by atoms with Crippen molar-refractivity contribution in [3.63, 3.8) is 0 Å². The van der Waals surface area contributed by atoms with E-state index in [-0.39, 0.29) is 0 Å². The Balaban J connectivity index is 2.06. The zero-order chi connectivity index (χ0) is 12.5. The Bertz CT molecular complexity index is 273. The molecule has 0 bridgehead atoms. The minimum atomic E-state index is -0.421. The van der Waals surface area contributed by atoms with Crippen molar-refractivity contribution in [1.82, 2.24) is 5.32 Å². The van der Waals surface area contributed by atoms with Gasteiger partial charge in [0.05, 0.1) is 19.3 Å². The molecule has 1 aromatic rings. The summed E-state index contributed by atoms with van der Waals surface area (Å²) in [5, 5.41) is 15.1. The third-order valence-electron chi connectivity index (χ3n) is 2.76. The topological polar surface area (TPSA) is 41.5 Å². The Kier molecular flexibility index (Phi) is 7.44. The van der Waals surface area contributed by atoms with Crippen LogP contribution in [0.25, 0.3) is 0 Å². The van der Waals surface area contributed by atoms with Crippen molar-refractivity contribution < 1.29 is 9.84 Å². The highest BCUT2D eigenvalue weighted by Crippen LogP contribution is 2.09. The van der Waals surface area contributed by atoms with Crippen LogP contribution in [0.2, 0.25) is 0 Å². The highest BCUT2D eigenvalue weighted by Gasteiger charge is 2.08. The summed E-state index contributed by atoms with van der Waals surface area (Å²) in [6.45, 7) is 5.91. The molecule has 0 aliphatic carbocycles. The Hall–Kier alpha value is -0.420. The van der Waals surface area contributed by atoms with E-state index < -0.39 is 6.10 Å². The second kappa shape index (κ2) is 8.64. The largest absolute Gasteiger partial charge is 0.389 e. The van der Waals surface area contributed by atoms with Gasteiger partial charge in [-0.2, -0.15) is 0 Å². The Morgan fingerprint density at radius 1 is 1.41 bits per heavy atom. The molecule has 0 amide bonds. The highest BCUT2D eigenvalue weighted by molar-refractivity contribution is 7.09. The molecule has 4 heteroatoms. The molecule has 1 atom stereocenters. The molecule has 0 saturated heterocycles. The number of hydrogen-bond acceptors (Lipinski definition) is 4. The smallest absolute Gasteiger partial charge is 0.0897 e. The lowest BCUT2D eigenvalue weighted by Gasteiger charge is -2.17. The fourth-order valence-corrected chi connectivity index (χ4v) is 2.27. The van der Waals surface area contributed by atoms with Crippen molar-refractivity contribution >= 4 is 11.3 Å². The molecule has 98 valence electrons. The number of thiophene rings is 1. The molecular formula is C13H23NO2S. The van der Waals surface area contributed by atoms with Crippen molar-refractivity contribution in [2.75, 3.05) is 13.2 Å². The maximum Gasteiger partial charge on any atom is 0.0897 e.